The minimum absolute atomic E-state index is 0.0514. The fourth-order valence-electron chi connectivity index (χ4n) is 1.96. The molecule has 1 amide bonds. The second kappa shape index (κ2) is 6.68. The number of benzene rings is 1. The van der Waals surface area contributed by atoms with Gasteiger partial charge >= 0.3 is 0 Å². The second-order valence-corrected chi connectivity index (χ2v) is 4.50. The van der Waals surface area contributed by atoms with E-state index in [1.54, 1.807) is 18.3 Å². The summed E-state index contributed by atoms with van der Waals surface area (Å²) in [6.07, 6.45) is 2.35. The second-order valence-electron chi connectivity index (χ2n) is 4.50. The summed E-state index contributed by atoms with van der Waals surface area (Å²) in [6, 6.07) is 13.2. The smallest absolute Gasteiger partial charge is 0.252 e. The third-order valence-electron chi connectivity index (χ3n) is 3.05. The van der Waals surface area contributed by atoms with Gasteiger partial charge in [-0.1, -0.05) is 30.3 Å². The molecule has 5 nitrogen and oxygen atoms in total. The van der Waals surface area contributed by atoms with Crippen molar-refractivity contribution in [3.63, 3.8) is 0 Å². The lowest BCUT2D eigenvalue weighted by atomic mass is 10.1. The summed E-state index contributed by atoms with van der Waals surface area (Å²) in [6.45, 7) is 0.618. The number of rotatable bonds is 6. The first kappa shape index (κ1) is 14.0. The average molecular weight is 270 g/mol. The molecule has 0 radical (unpaired) electrons. The summed E-state index contributed by atoms with van der Waals surface area (Å²) in [5.41, 5.74) is 12.9. The quantitative estimate of drug-likeness (QED) is 0.744. The number of hydrogen-bond donors (Lipinski definition) is 3. The van der Waals surface area contributed by atoms with Crippen molar-refractivity contribution in [2.45, 2.75) is 12.5 Å². The van der Waals surface area contributed by atoms with Gasteiger partial charge in [0.15, 0.2) is 0 Å². The van der Waals surface area contributed by atoms with Gasteiger partial charge in [0, 0.05) is 18.8 Å². The number of anilines is 1. The summed E-state index contributed by atoms with van der Waals surface area (Å²) in [5, 5.41) is 3.10. The van der Waals surface area contributed by atoms with Gasteiger partial charge in [-0.2, -0.15) is 0 Å². The van der Waals surface area contributed by atoms with Gasteiger partial charge in [0.25, 0.3) is 5.91 Å². The maximum Gasteiger partial charge on any atom is 0.252 e. The van der Waals surface area contributed by atoms with Gasteiger partial charge in [-0.05, 0) is 24.1 Å². The first-order chi connectivity index (χ1) is 9.68. The standard InChI is InChI=1S/C15H18N4O/c16-13(11-5-2-1-3-6-11)8-10-19-15-12(14(17)20)7-4-9-18-15/h1-7,9,13H,8,10,16H2,(H2,17,20)(H,18,19). The van der Waals surface area contributed by atoms with Gasteiger partial charge in [0.05, 0.1) is 5.56 Å². The lowest BCUT2D eigenvalue weighted by molar-refractivity contribution is 0.100. The van der Waals surface area contributed by atoms with Crippen molar-refractivity contribution < 1.29 is 4.79 Å². The normalized spacial score (nSPS) is 11.8. The minimum atomic E-state index is -0.493. The summed E-state index contributed by atoms with van der Waals surface area (Å²) in [5.74, 6) is 0.00761. The Morgan fingerprint density at radius 2 is 1.95 bits per heavy atom. The van der Waals surface area contributed by atoms with Crippen LogP contribution in [0.2, 0.25) is 0 Å². The maximum atomic E-state index is 11.3. The Hall–Kier alpha value is -2.40. The predicted molar refractivity (Wildman–Crippen MR) is 79.2 cm³/mol. The van der Waals surface area contributed by atoms with Crippen LogP contribution in [0.4, 0.5) is 5.82 Å². The molecule has 0 bridgehead atoms. The molecular weight excluding hydrogens is 252 g/mol. The summed E-state index contributed by atoms with van der Waals surface area (Å²) in [4.78, 5) is 15.4. The van der Waals surface area contributed by atoms with E-state index in [0.29, 0.717) is 17.9 Å². The van der Waals surface area contributed by atoms with Gasteiger partial charge in [0.2, 0.25) is 0 Å². The van der Waals surface area contributed by atoms with E-state index in [4.69, 9.17) is 11.5 Å². The van der Waals surface area contributed by atoms with Crippen molar-refractivity contribution in [3.05, 3.63) is 59.8 Å². The molecule has 0 aliphatic heterocycles. The van der Waals surface area contributed by atoms with E-state index in [9.17, 15) is 4.79 Å². The highest BCUT2D eigenvalue weighted by atomic mass is 16.1. The Morgan fingerprint density at radius 1 is 1.20 bits per heavy atom. The van der Waals surface area contributed by atoms with Crippen LogP contribution in [0.1, 0.15) is 28.4 Å². The van der Waals surface area contributed by atoms with Crippen LogP contribution in [0.3, 0.4) is 0 Å². The Kier molecular flexibility index (Phi) is 4.68. The Labute approximate surface area is 118 Å². The number of carbonyl (C=O) groups excluding carboxylic acids is 1. The van der Waals surface area contributed by atoms with E-state index in [1.165, 1.54) is 0 Å². The summed E-state index contributed by atoms with van der Waals surface area (Å²) < 4.78 is 0. The predicted octanol–water partition coefficient (Wildman–Crippen LogP) is 1.68. The number of nitrogens with zero attached hydrogens (tertiary/aromatic N) is 1. The number of nitrogens with two attached hydrogens (primary N) is 2. The van der Waals surface area contributed by atoms with Crippen molar-refractivity contribution in [1.82, 2.24) is 4.98 Å². The highest BCUT2D eigenvalue weighted by Gasteiger charge is 2.09. The number of nitrogens with one attached hydrogen (secondary N) is 1. The minimum Gasteiger partial charge on any atom is -0.369 e. The molecule has 0 aliphatic rings. The maximum absolute atomic E-state index is 11.3. The van der Waals surface area contributed by atoms with Gasteiger partial charge in [-0.3, -0.25) is 4.79 Å². The number of carbonyl (C=O) groups is 1. The zero-order valence-electron chi connectivity index (χ0n) is 11.1. The van der Waals surface area contributed by atoms with Gasteiger partial charge in [-0.15, -0.1) is 0 Å². The van der Waals surface area contributed by atoms with E-state index in [1.807, 2.05) is 30.3 Å². The molecule has 0 saturated carbocycles. The SMILES string of the molecule is NC(=O)c1cccnc1NCCC(N)c1ccccc1. The molecule has 0 spiro atoms. The Morgan fingerprint density at radius 3 is 2.65 bits per heavy atom. The van der Waals surface area contributed by atoms with Crippen molar-refractivity contribution in [1.29, 1.82) is 0 Å². The van der Waals surface area contributed by atoms with Crippen molar-refractivity contribution in [2.75, 3.05) is 11.9 Å². The van der Waals surface area contributed by atoms with E-state index >= 15 is 0 Å². The van der Waals surface area contributed by atoms with Gasteiger partial charge in [-0.25, -0.2) is 4.98 Å². The first-order valence-corrected chi connectivity index (χ1v) is 6.47. The highest BCUT2D eigenvalue weighted by Crippen LogP contribution is 2.15. The van der Waals surface area contributed by atoms with Crippen LogP contribution >= 0.6 is 0 Å². The van der Waals surface area contributed by atoms with Crippen LogP contribution in [0, 0.1) is 0 Å². The van der Waals surface area contributed by atoms with E-state index in [-0.39, 0.29) is 6.04 Å². The average Bonchev–Trinajstić information content (AvgIpc) is 2.48. The fourth-order valence-corrected chi connectivity index (χ4v) is 1.96. The molecule has 1 atom stereocenters. The van der Waals surface area contributed by atoms with Crippen molar-refractivity contribution in [2.24, 2.45) is 11.5 Å². The third kappa shape index (κ3) is 3.55. The van der Waals surface area contributed by atoms with Crippen LogP contribution in [0.25, 0.3) is 0 Å². The van der Waals surface area contributed by atoms with Crippen LogP contribution in [-0.4, -0.2) is 17.4 Å². The number of pyridine rings is 1. The molecule has 20 heavy (non-hydrogen) atoms. The topological polar surface area (TPSA) is 94.0 Å². The van der Waals surface area contributed by atoms with Gasteiger partial charge < -0.3 is 16.8 Å². The summed E-state index contributed by atoms with van der Waals surface area (Å²) >= 11 is 0. The fraction of sp³-hybridized carbons (Fsp3) is 0.200. The molecule has 0 saturated heterocycles. The molecule has 104 valence electrons. The molecular formula is C15H18N4O. The third-order valence-corrected chi connectivity index (χ3v) is 3.05. The van der Waals surface area contributed by atoms with Crippen molar-refractivity contribution in [3.8, 4) is 0 Å². The van der Waals surface area contributed by atoms with E-state index < -0.39 is 5.91 Å². The molecule has 1 aromatic heterocycles. The molecule has 2 aromatic rings. The zero-order valence-corrected chi connectivity index (χ0v) is 11.1. The molecule has 0 fully saturated rings. The van der Waals surface area contributed by atoms with E-state index in [2.05, 4.69) is 10.3 Å². The lowest BCUT2D eigenvalue weighted by Gasteiger charge is -2.13. The molecule has 1 heterocycles. The van der Waals surface area contributed by atoms with Crippen LogP contribution in [0.5, 0.6) is 0 Å². The van der Waals surface area contributed by atoms with Crippen LogP contribution in [-0.2, 0) is 0 Å². The molecule has 5 N–H and O–H groups in total. The Balaban J connectivity index is 1.92. The highest BCUT2D eigenvalue weighted by molar-refractivity contribution is 5.97. The van der Waals surface area contributed by atoms with Gasteiger partial charge in [0.1, 0.15) is 5.82 Å². The number of amides is 1. The number of hydrogen-bond acceptors (Lipinski definition) is 4. The monoisotopic (exact) mass is 270 g/mol. The molecule has 1 aromatic carbocycles. The van der Waals surface area contributed by atoms with Crippen LogP contribution < -0.4 is 16.8 Å². The van der Waals surface area contributed by atoms with Crippen molar-refractivity contribution >= 4 is 11.7 Å². The number of primary amides is 1. The first-order valence-electron chi connectivity index (χ1n) is 6.47. The lowest BCUT2D eigenvalue weighted by Crippen LogP contribution is -2.18. The largest absolute Gasteiger partial charge is 0.369 e. The molecule has 5 heteroatoms. The number of aromatic nitrogens is 1. The molecule has 2 rings (SSSR count). The Bertz CT molecular complexity index is 571. The molecule has 0 aliphatic carbocycles. The summed E-state index contributed by atoms with van der Waals surface area (Å²) in [7, 11) is 0. The zero-order chi connectivity index (χ0) is 14.4. The molecule has 1 unspecified atom stereocenters. The van der Waals surface area contributed by atoms with Crippen LogP contribution in [0.15, 0.2) is 48.7 Å². The van der Waals surface area contributed by atoms with E-state index in [0.717, 1.165) is 12.0 Å².